The average molecular weight is 1110 g/mol. The molecule has 5 rings (SSSR count). The van der Waals surface area contributed by atoms with Crippen LogP contribution >= 0.6 is 0 Å². The van der Waals surface area contributed by atoms with E-state index in [0.29, 0.717) is 33.0 Å². The summed E-state index contributed by atoms with van der Waals surface area (Å²) < 4.78 is 23.2. The second-order valence-electron chi connectivity index (χ2n) is 19.2. The number of hydrogen-bond donors (Lipinski definition) is 0. The molecule has 10 nitrogen and oxygen atoms in total. The topological polar surface area (TPSA) is 132 Å². The average Bonchev–Trinajstić information content (AvgIpc) is 3.40. The maximum atomic E-state index is 10.1. The van der Waals surface area contributed by atoms with E-state index in [1.807, 2.05) is 0 Å². The molecule has 0 amide bonds. The summed E-state index contributed by atoms with van der Waals surface area (Å²) in [6.45, 7) is 41.3. The fraction of sp³-hybridized carbons (Fsp3) is 0.500. The summed E-state index contributed by atoms with van der Waals surface area (Å²) in [6.07, 6.45) is 10.2. The zero-order valence-corrected chi connectivity index (χ0v) is 53.7. The van der Waals surface area contributed by atoms with Crippen LogP contribution < -0.4 is 0 Å². The van der Waals surface area contributed by atoms with Crippen LogP contribution in [-0.4, -0.2) is 62.9 Å². The first-order valence-corrected chi connectivity index (χ1v) is 28.6. The number of benzene rings is 5. The summed E-state index contributed by atoms with van der Waals surface area (Å²) in [5.41, 5.74) is 13.3. The molecule has 0 unspecified atom stereocenters. The van der Waals surface area contributed by atoms with E-state index in [1.54, 1.807) is 0 Å². The number of carbonyl (C=O) groups excluding carboxylic acids is 5. The molecule has 0 N–H and O–H groups in total. The maximum Gasteiger partial charge on any atom is 0.302 e. The molecule has 450 valence electrons. The molecule has 0 fully saturated rings. The number of unbranched alkanes of at least 4 members (excludes halogenated alkanes) is 5. The number of ether oxygens (including phenoxy) is 5. The third-order valence-electron chi connectivity index (χ3n) is 10.1. The van der Waals surface area contributed by atoms with E-state index in [1.165, 1.54) is 90.3 Å². The van der Waals surface area contributed by atoms with Crippen molar-refractivity contribution in [2.75, 3.05) is 33.0 Å². The number of rotatable bonds is 15. The Morgan fingerprint density at radius 1 is 0.225 bits per heavy atom. The molecule has 0 aliphatic heterocycles. The number of hydrogen-bond acceptors (Lipinski definition) is 10. The Hall–Kier alpha value is -6.55. The molecule has 0 atom stereocenters. The number of aryl methyl sites for hydroxylation is 10. The molecule has 5 aromatic carbocycles. The van der Waals surface area contributed by atoms with Crippen molar-refractivity contribution in [2.45, 2.75) is 203 Å². The van der Waals surface area contributed by atoms with Crippen molar-refractivity contribution in [1.29, 1.82) is 0 Å². The fourth-order valence-corrected chi connectivity index (χ4v) is 4.99. The van der Waals surface area contributed by atoms with Crippen LogP contribution in [-0.2, 0) is 47.7 Å². The minimum absolute atomic E-state index is 0.182. The molecule has 5 aromatic rings. The lowest BCUT2D eigenvalue weighted by molar-refractivity contribution is -0.142. The molecule has 80 heavy (non-hydrogen) atoms. The predicted octanol–water partition coefficient (Wildman–Crippen LogP) is 18.3. The Bertz CT molecular complexity index is 1700. The lowest BCUT2D eigenvalue weighted by Crippen LogP contribution is -1.99. The van der Waals surface area contributed by atoms with Crippen LogP contribution in [0, 0.1) is 69.2 Å². The van der Waals surface area contributed by atoms with Crippen LogP contribution in [0.3, 0.4) is 0 Å². The zero-order chi connectivity index (χ0) is 61.9. The smallest absolute Gasteiger partial charge is 0.302 e. The van der Waals surface area contributed by atoms with Gasteiger partial charge >= 0.3 is 29.8 Å². The Morgan fingerprint density at radius 2 is 0.312 bits per heavy atom. The van der Waals surface area contributed by atoms with Gasteiger partial charge in [0.05, 0.1) is 33.0 Å². The lowest BCUT2D eigenvalue weighted by Gasteiger charge is -1.96. The second-order valence-corrected chi connectivity index (χ2v) is 19.2. The van der Waals surface area contributed by atoms with Crippen molar-refractivity contribution in [3.05, 3.63) is 177 Å². The van der Waals surface area contributed by atoms with Gasteiger partial charge in [0.2, 0.25) is 0 Å². The van der Waals surface area contributed by atoms with Gasteiger partial charge in [0, 0.05) is 34.6 Å². The molecule has 0 radical (unpaired) electrons. The van der Waals surface area contributed by atoms with Crippen molar-refractivity contribution >= 4 is 29.8 Å². The van der Waals surface area contributed by atoms with E-state index in [0.717, 1.165) is 64.2 Å². The van der Waals surface area contributed by atoms with Crippen molar-refractivity contribution in [2.24, 2.45) is 0 Å². The number of carbonyl (C=O) groups is 5. The van der Waals surface area contributed by atoms with Crippen LogP contribution in [0.25, 0.3) is 0 Å². The molecule has 0 saturated carbocycles. The van der Waals surface area contributed by atoms with E-state index in [2.05, 4.69) is 249 Å². The largest absolute Gasteiger partial charge is 0.466 e. The molecule has 0 saturated heterocycles. The Balaban J connectivity index is -0.000000260. The Labute approximate surface area is 488 Å². The SMILES string of the molecule is CCCCOC(C)=O.CCCCOC(C)=O.CCCCOC(C)=O.CCCCOC(C)=O.CCCCOC(C)=O.Cc1ccc(C)cc1.Cc1ccc(C)cc1.Cc1ccc(C)cc1.Cc1ccc(C)cc1.Cc1ccc(C)cc1. The highest BCUT2D eigenvalue weighted by atomic mass is 16.5. The van der Waals surface area contributed by atoms with Crippen LogP contribution in [0.2, 0.25) is 0 Å². The standard InChI is InChI=1S/5C8H10.5C6H12O2/c5*1-7-3-5-8(2)6-4-7;5*1-3-4-5-8-6(2)7/h5*3-6H,1-2H3;5*3-5H2,1-2H3. The van der Waals surface area contributed by atoms with Gasteiger partial charge in [-0.2, -0.15) is 0 Å². The van der Waals surface area contributed by atoms with Crippen LogP contribution in [0.4, 0.5) is 0 Å². The predicted molar refractivity (Wildman–Crippen MR) is 337 cm³/mol. The minimum Gasteiger partial charge on any atom is -0.466 e. The second kappa shape index (κ2) is 60.1. The van der Waals surface area contributed by atoms with Crippen LogP contribution in [0.1, 0.15) is 189 Å². The van der Waals surface area contributed by atoms with Gasteiger partial charge in [0.15, 0.2) is 0 Å². The summed E-state index contributed by atoms with van der Waals surface area (Å²) in [4.78, 5) is 50.5. The van der Waals surface area contributed by atoms with Crippen molar-refractivity contribution in [1.82, 2.24) is 0 Å². The van der Waals surface area contributed by atoms with E-state index < -0.39 is 0 Å². The normalized spacial score (nSPS) is 9.00. The Morgan fingerprint density at radius 3 is 0.375 bits per heavy atom. The molecule has 0 heterocycles. The van der Waals surface area contributed by atoms with Gasteiger partial charge in [-0.3, -0.25) is 24.0 Å². The van der Waals surface area contributed by atoms with Gasteiger partial charge in [-0.05, 0) is 101 Å². The van der Waals surface area contributed by atoms with Crippen molar-refractivity contribution in [3.63, 3.8) is 0 Å². The van der Waals surface area contributed by atoms with Crippen molar-refractivity contribution < 1.29 is 47.7 Å². The van der Waals surface area contributed by atoms with E-state index in [4.69, 9.17) is 0 Å². The van der Waals surface area contributed by atoms with Crippen LogP contribution in [0.15, 0.2) is 121 Å². The lowest BCUT2D eigenvalue weighted by atomic mass is 10.2. The summed E-state index contributed by atoms with van der Waals surface area (Å²) in [5, 5.41) is 0. The first-order chi connectivity index (χ1) is 37.8. The highest BCUT2D eigenvalue weighted by Crippen LogP contribution is 2.03. The molecule has 10 heteroatoms. The summed E-state index contributed by atoms with van der Waals surface area (Å²) in [6, 6.07) is 42.4. The highest BCUT2D eigenvalue weighted by molar-refractivity contribution is 5.67. The van der Waals surface area contributed by atoms with E-state index in [-0.39, 0.29) is 29.8 Å². The third kappa shape index (κ3) is 75.7. The fourth-order valence-electron chi connectivity index (χ4n) is 4.99. The summed E-state index contributed by atoms with van der Waals surface area (Å²) in [5.74, 6) is -0.910. The molecular formula is C70H110O10. The van der Waals surface area contributed by atoms with Gasteiger partial charge in [-0.25, -0.2) is 0 Å². The summed E-state index contributed by atoms with van der Waals surface area (Å²) in [7, 11) is 0. The zero-order valence-electron chi connectivity index (χ0n) is 53.7. The third-order valence-corrected chi connectivity index (χ3v) is 10.1. The maximum absolute atomic E-state index is 10.1. The van der Waals surface area contributed by atoms with Crippen molar-refractivity contribution in [3.8, 4) is 0 Å². The first-order valence-electron chi connectivity index (χ1n) is 28.6. The highest BCUT2D eigenvalue weighted by Gasteiger charge is 1.92. The van der Waals surface area contributed by atoms with Gasteiger partial charge in [0.25, 0.3) is 0 Å². The molecule has 0 aromatic heterocycles. The monoisotopic (exact) mass is 1110 g/mol. The van der Waals surface area contributed by atoms with E-state index in [9.17, 15) is 24.0 Å². The molecule has 0 aliphatic rings. The molecule has 0 aliphatic carbocycles. The molecule has 0 spiro atoms. The molecule has 0 bridgehead atoms. The van der Waals surface area contributed by atoms with Gasteiger partial charge in [0.1, 0.15) is 0 Å². The van der Waals surface area contributed by atoms with Gasteiger partial charge < -0.3 is 23.7 Å². The quantitative estimate of drug-likeness (QED) is 0.0567. The first kappa shape index (κ1) is 82.3. The van der Waals surface area contributed by atoms with Gasteiger partial charge in [-0.1, -0.05) is 244 Å². The number of esters is 5. The Kier molecular flexibility index (Phi) is 61.8. The summed E-state index contributed by atoms with van der Waals surface area (Å²) >= 11 is 0. The van der Waals surface area contributed by atoms with Crippen LogP contribution in [0.5, 0.6) is 0 Å². The minimum atomic E-state index is -0.182. The van der Waals surface area contributed by atoms with E-state index >= 15 is 0 Å². The molecular weight excluding hydrogens is 1000 g/mol. The van der Waals surface area contributed by atoms with Gasteiger partial charge in [-0.15, -0.1) is 0 Å².